The van der Waals surface area contributed by atoms with Crippen LogP contribution in [0.15, 0.2) is 36.4 Å². The summed E-state index contributed by atoms with van der Waals surface area (Å²) in [4.78, 5) is 12.1. The first-order chi connectivity index (χ1) is 10.9. The zero-order valence-corrected chi connectivity index (χ0v) is 14.8. The van der Waals surface area contributed by atoms with Crippen LogP contribution in [0.5, 0.6) is 5.75 Å². The highest BCUT2D eigenvalue weighted by atomic mass is 35.5. The average molecular weight is 352 g/mol. The summed E-state index contributed by atoms with van der Waals surface area (Å²) in [5.74, 6) is 0.758. The zero-order valence-electron chi connectivity index (χ0n) is 13.3. The van der Waals surface area contributed by atoms with Crippen LogP contribution in [0, 0.1) is 6.92 Å². The Kier molecular flexibility index (Phi) is 5.91. The van der Waals surface area contributed by atoms with Crippen molar-refractivity contribution in [3.63, 3.8) is 0 Å². The van der Waals surface area contributed by atoms with Crippen LogP contribution in [0.3, 0.4) is 0 Å². The van der Waals surface area contributed by atoms with Crippen LogP contribution in [-0.2, 0) is 4.79 Å². The number of rotatable bonds is 5. The number of nitrogens with one attached hydrogen (secondary N) is 1. The molecular weight excluding hydrogens is 333 g/mol. The molecule has 23 heavy (non-hydrogen) atoms. The number of carbonyl (C=O) groups is 1. The molecule has 0 aromatic heterocycles. The van der Waals surface area contributed by atoms with Crippen molar-refractivity contribution in [1.29, 1.82) is 0 Å². The molecule has 1 N–H and O–H groups in total. The lowest BCUT2D eigenvalue weighted by Crippen LogP contribution is -2.20. The fourth-order valence-electron chi connectivity index (χ4n) is 2.17. The van der Waals surface area contributed by atoms with Gasteiger partial charge in [-0.15, -0.1) is 0 Å². The molecule has 0 saturated heterocycles. The Hall–Kier alpha value is -1.71. The van der Waals surface area contributed by atoms with Gasteiger partial charge in [0.15, 0.2) is 6.61 Å². The highest BCUT2D eigenvalue weighted by molar-refractivity contribution is 6.35. The van der Waals surface area contributed by atoms with Gasteiger partial charge in [-0.3, -0.25) is 4.79 Å². The van der Waals surface area contributed by atoms with Crippen molar-refractivity contribution in [3.05, 3.63) is 57.6 Å². The molecule has 5 heteroatoms. The van der Waals surface area contributed by atoms with Crippen LogP contribution in [-0.4, -0.2) is 12.5 Å². The molecule has 0 bridgehead atoms. The van der Waals surface area contributed by atoms with Crippen molar-refractivity contribution in [3.8, 4) is 5.75 Å². The molecule has 0 fully saturated rings. The SMILES string of the molecule is Cc1ccc(C(C)C)c(OCC(=O)Nc2cc(Cl)ccc2Cl)c1. The van der Waals surface area contributed by atoms with Gasteiger partial charge in [0.25, 0.3) is 5.91 Å². The Morgan fingerprint density at radius 1 is 1.17 bits per heavy atom. The Bertz CT molecular complexity index is 714. The van der Waals surface area contributed by atoms with Gasteiger partial charge >= 0.3 is 0 Å². The number of halogens is 2. The minimum atomic E-state index is -0.287. The van der Waals surface area contributed by atoms with E-state index in [1.54, 1.807) is 18.2 Å². The van der Waals surface area contributed by atoms with Crippen LogP contribution in [0.1, 0.15) is 30.9 Å². The predicted octanol–water partition coefficient (Wildman–Crippen LogP) is 5.44. The van der Waals surface area contributed by atoms with E-state index in [0.717, 1.165) is 16.9 Å². The second-order valence-electron chi connectivity index (χ2n) is 5.66. The summed E-state index contributed by atoms with van der Waals surface area (Å²) in [7, 11) is 0. The predicted molar refractivity (Wildman–Crippen MR) is 95.9 cm³/mol. The third-order valence-electron chi connectivity index (χ3n) is 3.35. The molecule has 2 aromatic rings. The summed E-state index contributed by atoms with van der Waals surface area (Å²) in [6.45, 7) is 6.07. The Balaban J connectivity index is 2.05. The molecule has 2 aromatic carbocycles. The fourth-order valence-corrected chi connectivity index (χ4v) is 2.50. The topological polar surface area (TPSA) is 38.3 Å². The molecule has 0 heterocycles. The lowest BCUT2D eigenvalue weighted by molar-refractivity contribution is -0.118. The van der Waals surface area contributed by atoms with E-state index in [9.17, 15) is 4.79 Å². The van der Waals surface area contributed by atoms with Gasteiger partial charge in [0, 0.05) is 5.02 Å². The van der Waals surface area contributed by atoms with Gasteiger partial charge in [-0.05, 0) is 48.2 Å². The van der Waals surface area contributed by atoms with Crippen molar-refractivity contribution >= 4 is 34.8 Å². The van der Waals surface area contributed by atoms with Gasteiger partial charge in [0.2, 0.25) is 0 Å². The van der Waals surface area contributed by atoms with Gasteiger partial charge in [0.1, 0.15) is 5.75 Å². The molecule has 0 atom stereocenters. The monoisotopic (exact) mass is 351 g/mol. The lowest BCUT2D eigenvalue weighted by Gasteiger charge is -2.15. The molecule has 2 rings (SSSR count). The van der Waals surface area contributed by atoms with Gasteiger partial charge in [0.05, 0.1) is 10.7 Å². The van der Waals surface area contributed by atoms with Gasteiger partial charge in [-0.1, -0.05) is 49.2 Å². The summed E-state index contributed by atoms with van der Waals surface area (Å²) in [6, 6.07) is 10.9. The van der Waals surface area contributed by atoms with Crippen LogP contribution in [0.25, 0.3) is 0 Å². The van der Waals surface area contributed by atoms with Crippen LogP contribution in [0.2, 0.25) is 10.0 Å². The number of hydrogen-bond donors (Lipinski definition) is 1. The van der Waals surface area contributed by atoms with E-state index in [4.69, 9.17) is 27.9 Å². The van der Waals surface area contributed by atoms with Crippen molar-refractivity contribution in [2.75, 3.05) is 11.9 Å². The summed E-state index contributed by atoms with van der Waals surface area (Å²) >= 11 is 11.9. The lowest BCUT2D eigenvalue weighted by atomic mass is 10.0. The molecule has 0 aliphatic carbocycles. The Morgan fingerprint density at radius 3 is 2.61 bits per heavy atom. The molecule has 0 unspecified atom stereocenters. The molecule has 3 nitrogen and oxygen atoms in total. The standard InChI is InChI=1S/C18H19Cl2NO2/c1-11(2)14-6-4-12(3)8-17(14)23-10-18(22)21-16-9-13(19)5-7-15(16)20/h4-9,11H,10H2,1-3H3,(H,21,22). The van der Waals surface area contributed by atoms with E-state index in [-0.39, 0.29) is 12.5 Å². The number of amides is 1. The van der Waals surface area contributed by atoms with E-state index >= 15 is 0 Å². The number of hydrogen-bond acceptors (Lipinski definition) is 2. The number of anilines is 1. The average Bonchev–Trinajstić information content (AvgIpc) is 2.48. The van der Waals surface area contributed by atoms with Crippen LogP contribution >= 0.6 is 23.2 Å². The van der Waals surface area contributed by atoms with Crippen LogP contribution in [0.4, 0.5) is 5.69 Å². The maximum atomic E-state index is 12.1. The number of carbonyl (C=O) groups excluding carboxylic acids is 1. The maximum absolute atomic E-state index is 12.1. The van der Waals surface area contributed by atoms with E-state index in [0.29, 0.717) is 21.7 Å². The van der Waals surface area contributed by atoms with Crippen molar-refractivity contribution < 1.29 is 9.53 Å². The minimum absolute atomic E-state index is 0.0913. The Labute approximate surface area is 146 Å². The summed E-state index contributed by atoms with van der Waals surface area (Å²) < 4.78 is 5.70. The normalized spacial score (nSPS) is 10.7. The summed E-state index contributed by atoms with van der Waals surface area (Å²) in [5, 5.41) is 3.64. The molecule has 0 radical (unpaired) electrons. The first-order valence-corrected chi connectivity index (χ1v) is 8.10. The van der Waals surface area contributed by atoms with Crippen LogP contribution < -0.4 is 10.1 Å². The highest BCUT2D eigenvalue weighted by Gasteiger charge is 2.11. The molecular formula is C18H19Cl2NO2. The first kappa shape index (κ1) is 17.6. The zero-order chi connectivity index (χ0) is 17.0. The third kappa shape index (κ3) is 4.88. The molecule has 0 aliphatic rings. The van der Waals surface area contributed by atoms with Crippen molar-refractivity contribution in [1.82, 2.24) is 0 Å². The second kappa shape index (κ2) is 7.71. The maximum Gasteiger partial charge on any atom is 0.262 e. The molecule has 0 spiro atoms. The second-order valence-corrected chi connectivity index (χ2v) is 6.50. The summed E-state index contributed by atoms with van der Waals surface area (Å²) in [5.41, 5.74) is 2.63. The highest BCUT2D eigenvalue weighted by Crippen LogP contribution is 2.28. The minimum Gasteiger partial charge on any atom is -0.483 e. The van der Waals surface area contributed by atoms with E-state index in [1.165, 1.54) is 0 Å². The van der Waals surface area contributed by atoms with Crippen molar-refractivity contribution in [2.24, 2.45) is 0 Å². The molecule has 122 valence electrons. The summed E-state index contributed by atoms with van der Waals surface area (Å²) in [6.07, 6.45) is 0. The third-order valence-corrected chi connectivity index (χ3v) is 3.92. The molecule has 1 amide bonds. The molecule has 0 saturated carbocycles. The van der Waals surface area contributed by atoms with E-state index in [2.05, 4.69) is 19.2 Å². The van der Waals surface area contributed by atoms with Gasteiger partial charge < -0.3 is 10.1 Å². The van der Waals surface area contributed by atoms with Crippen molar-refractivity contribution in [2.45, 2.75) is 26.7 Å². The number of ether oxygens (including phenoxy) is 1. The Morgan fingerprint density at radius 2 is 1.91 bits per heavy atom. The quantitative estimate of drug-likeness (QED) is 0.778. The smallest absolute Gasteiger partial charge is 0.262 e. The van der Waals surface area contributed by atoms with Gasteiger partial charge in [-0.25, -0.2) is 0 Å². The number of aryl methyl sites for hydroxylation is 1. The van der Waals surface area contributed by atoms with E-state index < -0.39 is 0 Å². The van der Waals surface area contributed by atoms with Gasteiger partial charge in [-0.2, -0.15) is 0 Å². The number of benzene rings is 2. The fraction of sp³-hybridized carbons (Fsp3) is 0.278. The van der Waals surface area contributed by atoms with E-state index in [1.807, 2.05) is 25.1 Å². The first-order valence-electron chi connectivity index (χ1n) is 7.35. The molecule has 0 aliphatic heterocycles. The largest absolute Gasteiger partial charge is 0.483 e.